The van der Waals surface area contributed by atoms with E-state index in [1.165, 1.54) is 11.0 Å². The maximum atomic E-state index is 14.6. The molecule has 1 aliphatic carbocycles. The molecule has 0 aliphatic heterocycles. The van der Waals surface area contributed by atoms with Crippen molar-refractivity contribution in [1.82, 2.24) is 10.2 Å². The standard InChI is InChI=1S/C29H40FN3O4S/c1-21(28(35)31-24-12-7-6-8-13-24)32(19-22-11-9-10-14-26(22)30)27(34)20-33(38(5,36)37)25-17-15-23(16-18-25)29(2,3)4/h9-11,14-18,21,24H,6-8,12-13,19-20H2,1-5H3,(H,31,35). The fourth-order valence-corrected chi connectivity index (χ4v) is 5.55. The molecule has 2 aromatic carbocycles. The number of carbonyl (C=O) groups is 2. The van der Waals surface area contributed by atoms with E-state index in [1.807, 2.05) is 12.1 Å². The Morgan fingerprint density at radius 3 is 2.18 bits per heavy atom. The normalized spacial score (nSPS) is 15.5. The molecule has 208 valence electrons. The van der Waals surface area contributed by atoms with Crippen LogP contribution in [0.5, 0.6) is 0 Å². The molecule has 9 heteroatoms. The molecule has 0 radical (unpaired) electrons. The highest BCUT2D eigenvalue weighted by atomic mass is 32.2. The number of rotatable bonds is 9. The highest BCUT2D eigenvalue weighted by Crippen LogP contribution is 2.26. The summed E-state index contributed by atoms with van der Waals surface area (Å²) in [7, 11) is -3.83. The van der Waals surface area contributed by atoms with Crippen LogP contribution in [0.1, 0.15) is 70.9 Å². The second-order valence-corrected chi connectivity index (χ2v) is 13.1. The lowest BCUT2D eigenvalue weighted by molar-refractivity contribution is -0.139. The van der Waals surface area contributed by atoms with Crippen molar-refractivity contribution >= 4 is 27.5 Å². The summed E-state index contributed by atoms with van der Waals surface area (Å²) in [5, 5.41) is 3.03. The van der Waals surface area contributed by atoms with Crippen LogP contribution in [0.3, 0.4) is 0 Å². The van der Waals surface area contributed by atoms with E-state index < -0.39 is 34.3 Å². The molecule has 1 fully saturated rings. The zero-order chi connectivity index (χ0) is 28.1. The van der Waals surface area contributed by atoms with Crippen LogP contribution < -0.4 is 9.62 Å². The van der Waals surface area contributed by atoms with Crippen molar-refractivity contribution in [1.29, 1.82) is 0 Å². The first kappa shape index (κ1) is 29.6. The number of hydrogen-bond donors (Lipinski definition) is 1. The maximum absolute atomic E-state index is 14.6. The Labute approximate surface area is 226 Å². The van der Waals surface area contributed by atoms with Gasteiger partial charge >= 0.3 is 0 Å². The van der Waals surface area contributed by atoms with Crippen molar-refractivity contribution in [3.63, 3.8) is 0 Å². The molecule has 1 unspecified atom stereocenters. The minimum Gasteiger partial charge on any atom is -0.352 e. The molecule has 0 bridgehead atoms. The third-order valence-electron chi connectivity index (χ3n) is 7.12. The van der Waals surface area contributed by atoms with Crippen molar-refractivity contribution in [2.24, 2.45) is 0 Å². The third kappa shape index (κ3) is 7.79. The average Bonchev–Trinajstić information content (AvgIpc) is 2.85. The Balaban J connectivity index is 1.89. The zero-order valence-corrected chi connectivity index (χ0v) is 23.9. The zero-order valence-electron chi connectivity index (χ0n) is 23.0. The van der Waals surface area contributed by atoms with Crippen LogP contribution >= 0.6 is 0 Å². The number of benzene rings is 2. The summed E-state index contributed by atoms with van der Waals surface area (Å²) < 4.78 is 41.1. The maximum Gasteiger partial charge on any atom is 0.244 e. The van der Waals surface area contributed by atoms with Crippen molar-refractivity contribution in [3.05, 3.63) is 65.5 Å². The van der Waals surface area contributed by atoms with Crippen LogP contribution in [0.4, 0.5) is 10.1 Å². The molecule has 1 atom stereocenters. The Hall–Kier alpha value is -2.94. The number of halogens is 1. The topological polar surface area (TPSA) is 86.8 Å². The van der Waals surface area contributed by atoms with Gasteiger partial charge < -0.3 is 10.2 Å². The van der Waals surface area contributed by atoms with Gasteiger partial charge in [0.25, 0.3) is 0 Å². The molecule has 3 rings (SSSR count). The minimum absolute atomic E-state index is 0.0398. The second-order valence-electron chi connectivity index (χ2n) is 11.2. The van der Waals surface area contributed by atoms with Gasteiger partial charge in [-0.2, -0.15) is 0 Å². The summed E-state index contributed by atoms with van der Waals surface area (Å²) in [5.74, 6) is -1.42. The highest BCUT2D eigenvalue weighted by molar-refractivity contribution is 7.92. The van der Waals surface area contributed by atoms with Crippen molar-refractivity contribution in [2.45, 2.75) is 83.8 Å². The Kier molecular flexibility index (Phi) is 9.57. The molecule has 1 saturated carbocycles. The van der Waals surface area contributed by atoms with Gasteiger partial charge in [-0.1, -0.05) is 70.4 Å². The van der Waals surface area contributed by atoms with Gasteiger partial charge in [0, 0.05) is 18.2 Å². The number of carbonyl (C=O) groups excluding carboxylic acids is 2. The van der Waals surface area contributed by atoms with Gasteiger partial charge in [-0.15, -0.1) is 0 Å². The van der Waals surface area contributed by atoms with E-state index in [0.717, 1.165) is 48.2 Å². The average molecular weight is 546 g/mol. The Morgan fingerprint density at radius 1 is 1.03 bits per heavy atom. The molecule has 1 aliphatic rings. The van der Waals surface area contributed by atoms with Gasteiger partial charge in [0.05, 0.1) is 11.9 Å². The summed E-state index contributed by atoms with van der Waals surface area (Å²) in [6.07, 6.45) is 6.01. The Morgan fingerprint density at radius 2 is 1.63 bits per heavy atom. The van der Waals surface area contributed by atoms with E-state index in [1.54, 1.807) is 37.3 Å². The molecule has 2 amide bonds. The van der Waals surface area contributed by atoms with E-state index in [9.17, 15) is 22.4 Å². The predicted molar refractivity (Wildman–Crippen MR) is 149 cm³/mol. The Bertz CT molecular complexity index is 1220. The first-order valence-electron chi connectivity index (χ1n) is 13.2. The van der Waals surface area contributed by atoms with E-state index >= 15 is 0 Å². The van der Waals surface area contributed by atoms with Crippen LogP contribution in [0, 0.1) is 5.82 Å². The summed E-state index contributed by atoms with van der Waals surface area (Å²) >= 11 is 0. The molecule has 38 heavy (non-hydrogen) atoms. The molecule has 0 heterocycles. The van der Waals surface area contributed by atoms with E-state index in [-0.39, 0.29) is 29.5 Å². The predicted octanol–water partition coefficient (Wildman–Crippen LogP) is 4.76. The molecule has 0 spiro atoms. The number of nitrogens with one attached hydrogen (secondary N) is 1. The van der Waals surface area contributed by atoms with Gasteiger partial charge in [-0.05, 0) is 48.9 Å². The number of anilines is 1. The minimum atomic E-state index is -3.83. The lowest BCUT2D eigenvalue weighted by Gasteiger charge is -2.33. The number of hydrogen-bond acceptors (Lipinski definition) is 4. The summed E-state index contributed by atoms with van der Waals surface area (Å²) in [6.45, 7) is 7.09. The van der Waals surface area contributed by atoms with Crippen molar-refractivity contribution in [2.75, 3.05) is 17.1 Å². The molecule has 1 N–H and O–H groups in total. The fourth-order valence-electron chi connectivity index (χ4n) is 4.70. The SMILES string of the molecule is CC(C(=O)NC1CCCCC1)N(Cc1ccccc1F)C(=O)CN(c1ccc(C(C)(C)C)cc1)S(C)(=O)=O. The highest BCUT2D eigenvalue weighted by Gasteiger charge is 2.31. The molecular weight excluding hydrogens is 505 g/mol. The fraction of sp³-hybridized carbons (Fsp3) is 0.517. The van der Waals surface area contributed by atoms with Gasteiger partial charge in [0.2, 0.25) is 21.8 Å². The lowest BCUT2D eigenvalue weighted by Crippen LogP contribution is -2.53. The summed E-state index contributed by atoms with van der Waals surface area (Å²) in [5.41, 5.74) is 1.50. The molecule has 0 saturated heterocycles. The number of amides is 2. The number of nitrogens with zero attached hydrogens (tertiary/aromatic N) is 2. The monoisotopic (exact) mass is 545 g/mol. The molecule has 0 aromatic heterocycles. The van der Waals surface area contributed by atoms with Gasteiger partial charge in [0.15, 0.2) is 0 Å². The first-order valence-corrected chi connectivity index (χ1v) is 15.0. The largest absolute Gasteiger partial charge is 0.352 e. The van der Waals surface area contributed by atoms with Crippen molar-refractivity contribution < 1.29 is 22.4 Å². The van der Waals surface area contributed by atoms with E-state index in [4.69, 9.17) is 0 Å². The van der Waals surface area contributed by atoms with E-state index in [2.05, 4.69) is 26.1 Å². The quantitative estimate of drug-likeness (QED) is 0.493. The van der Waals surface area contributed by atoms with E-state index in [0.29, 0.717) is 5.69 Å². The molecular formula is C29H40FN3O4S. The first-order chi connectivity index (χ1) is 17.8. The summed E-state index contributed by atoms with van der Waals surface area (Å²) in [6, 6.07) is 12.2. The van der Waals surface area contributed by atoms with Crippen LogP contribution in [-0.2, 0) is 31.6 Å². The molecule has 7 nitrogen and oxygen atoms in total. The van der Waals surface area contributed by atoms with Crippen LogP contribution in [0.15, 0.2) is 48.5 Å². The van der Waals surface area contributed by atoms with Gasteiger partial charge in [-0.25, -0.2) is 12.8 Å². The third-order valence-corrected chi connectivity index (χ3v) is 8.26. The summed E-state index contributed by atoms with van der Waals surface area (Å²) in [4.78, 5) is 28.1. The second kappa shape index (κ2) is 12.3. The molecule has 2 aromatic rings. The van der Waals surface area contributed by atoms with Gasteiger partial charge in [-0.3, -0.25) is 13.9 Å². The van der Waals surface area contributed by atoms with Crippen LogP contribution in [0.25, 0.3) is 0 Å². The lowest BCUT2D eigenvalue weighted by atomic mass is 9.87. The van der Waals surface area contributed by atoms with Crippen molar-refractivity contribution in [3.8, 4) is 0 Å². The van der Waals surface area contributed by atoms with Gasteiger partial charge in [0.1, 0.15) is 18.4 Å². The van der Waals surface area contributed by atoms with Crippen LogP contribution in [-0.4, -0.2) is 50.0 Å². The number of sulfonamides is 1. The van der Waals surface area contributed by atoms with Crippen LogP contribution in [0.2, 0.25) is 0 Å². The smallest absolute Gasteiger partial charge is 0.244 e.